The maximum atomic E-state index is 4.27. The van der Waals surface area contributed by atoms with Crippen LogP contribution in [0.5, 0.6) is 0 Å². The summed E-state index contributed by atoms with van der Waals surface area (Å²) in [6.07, 6.45) is 3.34. The molecule has 0 aliphatic carbocycles. The van der Waals surface area contributed by atoms with Crippen molar-refractivity contribution in [3.05, 3.63) is 6.33 Å². The van der Waals surface area contributed by atoms with Gasteiger partial charge < -0.3 is 4.90 Å². The highest BCUT2D eigenvalue weighted by atomic mass is 15.4. The molecule has 0 radical (unpaired) electrons. The molecule has 0 spiro atoms. The van der Waals surface area contributed by atoms with Gasteiger partial charge in [0.15, 0.2) is 0 Å². The van der Waals surface area contributed by atoms with Gasteiger partial charge in [0.25, 0.3) is 0 Å². The fraction of sp³-hybridized carbons (Fsp3) is 0.667. The lowest BCUT2D eigenvalue weighted by Gasteiger charge is -2.12. The molecule has 1 aromatic rings. The van der Waals surface area contributed by atoms with Gasteiger partial charge in [-0.05, 0) is 20.8 Å². The molecular weight excluding hydrogens is 178 g/mol. The van der Waals surface area contributed by atoms with E-state index in [1.165, 1.54) is 6.33 Å². The van der Waals surface area contributed by atoms with Crippen molar-refractivity contribution in [2.75, 3.05) is 13.1 Å². The maximum Gasteiger partial charge on any atom is 0.249 e. The molecular formula is C9H17N5. The molecule has 0 saturated carbocycles. The lowest BCUT2D eigenvalue weighted by atomic mass is 10.6. The Kier molecular flexibility index (Phi) is 4.10. The van der Waals surface area contributed by atoms with Crippen molar-refractivity contribution in [3.63, 3.8) is 0 Å². The first-order valence-corrected chi connectivity index (χ1v) is 4.97. The smallest absolute Gasteiger partial charge is 0.249 e. The van der Waals surface area contributed by atoms with Gasteiger partial charge in [-0.15, -0.1) is 0 Å². The minimum atomic E-state index is 0.666. The highest BCUT2D eigenvalue weighted by Gasteiger charge is 1.98. The van der Waals surface area contributed by atoms with Gasteiger partial charge in [-0.1, -0.05) is 0 Å². The molecule has 0 aliphatic rings. The average molecular weight is 195 g/mol. The first-order valence-electron chi connectivity index (χ1n) is 4.97. The Morgan fingerprint density at radius 2 is 2.14 bits per heavy atom. The van der Waals surface area contributed by atoms with Crippen LogP contribution in [-0.2, 0) is 6.54 Å². The van der Waals surface area contributed by atoms with Crippen LogP contribution in [0.25, 0.3) is 0 Å². The van der Waals surface area contributed by atoms with Gasteiger partial charge in [0.2, 0.25) is 5.95 Å². The van der Waals surface area contributed by atoms with Crippen LogP contribution in [0.4, 0.5) is 5.95 Å². The van der Waals surface area contributed by atoms with E-state index in [1.807, 2.05) is 13.3 Å². The zero-order valence-electron chi connectivity index (χ0n) is 9.01. The van der Waals surface area contributed by atoms with Crippen molar-refractivity contribution in [2.24, 2.45) is 4.99 Å². The van der Waals surface area contributed by atoms with E-state index in [0.717, 1.165) is 19.6 Å². The van der Waals surface area contributed by atoms with Crippen LogP contribution >= 0.6 is 0 Å². The first-order chi connectivity index (χ1) is 6.81. The molecule has 1 rings (SSSR count). The van der Waals surface area contributed by atoms with Crippen molar-refractivity contribution in [1.29, 1.82) is 0 Å². The van der Waals surface area contributed by atoms with Crippen LogP contribution in [0.2, 0.25) is 0 Å². The largest absolute Gasteiger partial charge is 0.363 e. The number of aryl methyl sites for hydroxylation is 1. The van der Waals surface area contributed by atoms with Gasteiger partial charge in [-0.2, -0.15) is 10.1 Å². The summed E-state index contributed by atoms with van der Waals surface area (Å²) >= 11 is 0. The molecule has 1 aromatic heterocycles. The molecule has 14 heavy (non-hydrogen) atoms. The molecule has 78 valence electrons. The summed E-state index contributed by atoms with van der Waals surface area (Å²) in [4.78, 5) is 10.4. The fourth-order valence-corrected chi connectivity index (χ4v) is 1.10. The Balaban J connectivity index is 2.67. The standard InChI is InChI=1S/C9H17N5/c1-4-13(5-2)8-11-9-10-7-12-14(9)6-3/h7-8H,4-6H2,1-3H3. The number of nitrogens with zero attached hydrogens (tertiary/aromatic N) is 5. The molecule has 1 heterocycles. The van der Waals surface area contributed by atoms with E-state index in [9.17, 15) is 0 Å². The fourth-order valence-electron chi connectivity index (χ4n) is 1.10. The highest BCUT2D eigenvalue weighted by molar-refractivity contribution is 5.58. The van der Waals surface area contributed by atoms with Crippen molar-refractivity contribution in [3.8, 4) is 0 Å². The topological polar surface area (TPSA) is 46.3 Å². The van der Waals surface area contributed by atoms with Crippen molar-refractivity contribution < 1.29 is 0 Å². The Morgan fingerprint density at radius 3 is 2.71 bits per heavy atom. The van der Waals surface area contributed by atoms with Crippen LogP contribution in [0.15, 0.2) is 11.3 Å². The number of aromatic nitrogens is 3. The predicted octanol–water partition coefficient (Wildman–Crippen LogP) is 1.30. The van der Waals surface area contributed by atoms with E-state index in [2.05, 4.69) is 33.8 Å². The lowest BCUT2D eigenvalue weighted by Crippen LogP contribution is -2.20. The molecule has 0 fully saturated rings. The van der Waals surface area contributed by atoms with Crippen molar-refractivity contribution in [1.82, 2.24) is 19.7 Å². The minimum Gasteiger partial charge on any atom is -0.363 e. The van der Waals surface area contributed by atoms with Crippen LogP contribution < -0.4 is 0 Å². The molecule has 0 saturated heterocycles. The maximum absolute atomic E-state index is 4.27. The first kappa shape index (κ1) is 10.7. The van der Waals surface area contributed by atoms with Gasteiger partial charge in [-0.3, -0.25) is 0 Å². The minimum absolute atomic E-state index is 0.666. The lowest BCUT2D eigenvalue weighted by molar-refractivity contribution is 0.479. The third-order valence-electron chi connectivity index (χ3n) is 2.04. The summed E-state index contributed by atoms with van der Waals surface area (Å²) < 4.78 is 1.76. The molecule has 0 amide bonds. The molecule has 0 N–H and O–H groups in total. The zero-order valence-corrected chi connectivity index (χ0v) is 9.01. The second kappa shape index (κ2) is 5.36. The highest BCUT2D eigenvalue weighted by Crippen LogP contribution is 2.04. The molecule has 0 unspecified atom stereocenters. The SMILES string of the molecule is CCN(C=Nc1ncnn1CC)CC. The Morgan fingerprint density at radius 1 is 1.43 bits per heavy atom. The Hall–Kier alpha value is -1.39. The summed E-state index contributed by atoms with van der Waals surface area (Å²) in [5.74, 6) is 0.666. The third-order valence-corrected chi connectivity index (χ3v) is 2.04. The number of hydrogen-bond donors (Lipinski definition) is 0. The van der Waals surface area contributed by atoms with Gasteiger partial charge in [0.1, 0.15) is 6.33 Å². The number of hydrogen-bond acceptors (Lipinski definition) is 3. The molecule has 0 bridgehead atoms. The van der Waals surface area contributed by atoms with Crippen LogP contribution in [-0.4, -0.2) is 39.1 Å². The van der Waals surface area contributed by atoms with Gasteiger partial charge in [0.05, 0.1) is 6.34 Å². The molecule has 0 aliphatic heterocycles. The summed E-state index contributed by atoms with van der Waals surface area (Å²) in [7, 11) is 0. The summed E-state index contributed by atoms with van der Waals surface area (Å²) in [5.41, 5.74) is 0. The monoisotopic (exact) mass is 195 g/mol. The third kappa shape index (κ3) is 2.55. The number of rotatable bonds is 5. The number of aliphatic imine (C=N–C) groups is 1. The van der Waals surface area contributed by atoms with Gasteiger partial charge in [-0.25, -0.2) is 9.67 Å². The van der Waals surface area contributed by atoms with Crippen molar-refractivity contribution >= 4 is 12.3 Å². The van der Waals surface area contributed by atoms with E-state index in [0.29, 0.717) is 5.95 Å². The van der Waals surface area contributed by atoms with E-state index >= 15 is 0 Å². The van der Waals surface area contributed by atoms with Crippen LogP contribution in [0.1, 0.15) is 20.8 Å². The van der Waals surface area contributed by atoms with Gasteiger partial charge >= 0.3 is 0 Å². The zero-order chi connectivity index (χ0) is 10.4. The quantitative estimate of drug-likeness (QED) is 0.525. The van der Waals surface area contributed by atoms with E-state index < -0.39 is 0 Å². The van der Waals surface area contributed by atoms with Crippen LogP contribution in [0.3, 0.4) is 0 Å². The summed E-state index contributed by atoms with van der Waals surface area (Å²) in [5, 5.41) is 4.04. The molecule has 0 atom stereocenters. The average Bonchev–Trinajstić information content (AvgIpc) is 2.67. The Labute approximate surface area is 84.5 Å². The van der Waals surface area contributed by atoms with E-state index in [4.69, 9.17) is 0 Å². The normalized spacial score (nSPS) is 11.1. The Bertz CT molecular complexity index is 287. The van der Waals surface area contributed by atoms with Crippen molar-refractivity contribution in [2.45, 2.75) is 27.3 Å². The predicted molar refractivity (Wildman–Crippen MR) is 56.8 cm³/mol. The second-order valence-corrected chi connectivity index (χ2v) is 2.84. The summed E-state index contributed by atoms with van der Waals surface area (Å²) in [6, 6.07) is 0. The van der Waals surface area contributed by atoms with Gasteiger partial charge in [0, 0.05) is 19.6 Å². The molecule has 0 aromatic carbocycles. The summed E-state index contributed by atoms with van der Waals surface area (Å²) in [6.45, 7) is 8.93. The van der Waals surface area contributed by atoms with E-state index in [1.54, 1.807) is 4.68 Å². The molecule has 5 heteroatoms. The van der Waals surface area contributed by atoms with Crippen LogP contribution in [0, 0.1) is 0 Å². The van der Waals surface area contributed by atoms with E-state index in [-0.39, 0.29) is 0 Å². The molecule has 5 nitrogen and oxygen atoms in total. The second-order valence-electron chi connectivity index (χ2n) is 2.84.